The Labute approximate surface area is 181 Å². The summed E-state index contributed by atoms with van der Waals surface area (Å²) in [6, 6.07) is 14.9. The Balaban J connectivity index is 1.31. The minimum absolute atomic E-state index is 0.0403. The number of rotatable bonds is 5. The van der Waals surface area contributed by atoms with Crippen molar-refractivity contribution < 1.29 is 14.3 Å². The zero-order valence-corrected chi connectivity index (χ0v) is 17.9. The molecule has 2 heterocycles. The van der Waals surface area contributed by atoms with Crippen molar-refractivity contribution in [2.45, 2.75) is 20.3 Å². The lowest BCUT2D eigenvalue weighted by Gasteiger charge is -2.35. The van der Waals surface area contributed by atoms with Gasteiger partial charge in [0.2, 0.25) is 5.91 Å². The number of piperazine rings is 1. The van der Waals surface area contributed by atoms with Crippen molar-refractivity contribution in [2.75, 3.05) is 32.8 Å². The van der Waals surface area contributed by atoms with Gasteiger partial charge in [0, 0.05) is 31.7 Å². The summed E-state index contributed by atoms with van der Waals surface area (Å²) in [6.45, 7) is 6.27. The van der Waals surface area contributed by atoms with Gasteiger partial charge in [-0.05, 0) is 44.2 Å². The summed E-state index contributed by atoms with van der Waals surface area (Å²) < 4.78 is 5.61. The van der Waals surface area contributed by atoms with Crippen molar-refractivity contribution >= 4 is 22.8 Å². The van der Waals surface area contributed by atoms with Crippen LogP contribution >= 0.6 is 0 Å². The van der Waals surface area contributed by atoms with E-state index in [0.717, 1.165) is 28.2 Å². The SMILES string of the molecule is Cc1nc2ccc(C(=O)N3CCN(C(=O)CCOc4ccccc4)CC3)cc2nc1C. The minimum Gasteiger partial charge on any atom is -0.493 e. The average Bonchev–Trinajstić information content (AvgIpc) is 2.80. The maximum atomic E-state index is 13.0. The molecule has 7 nitrogen and oxygen atoms in total. The van der Waals surface area contributed by atoms with E-state index in [1.165, 1.54) is 0 Å². The quantitative estimate of drug-likeness (QED) is 0.637. The number of nitrogens with zero attached hydrogens (tertiary/aromatic N) is 4. The van der Waals surface area contributed by atoms with Crippen LogP contribution in [-0.4, -0.2) is 64.4 Å². The van der Waals surface area contributed by atoms with Crippen LogP contribution in [0.5, 0.6) is 5.75 Å². The zero-order chi connectivity index (χ0) is 21.8. The Morgan fingerprint density at radius 3 is 2.23 bits per heavy atom. The van der Waals surface area contributed by atoms with Gasteiger partial charge in [0.05, 0.1) is 35.4 Å². The summed E-state index contributed by atoms with van der Waals surface area (Å²) in [7, 11) is 0. The maximum absolute atomic E-state index is 13.0. The molecule has 3 aromatic rings. The number of fused-ring (bicyclic) bond motifs is 1. The van der Waals surface area contributed by atoms with E-state index in [-0.39, 0.29) is 11.8 Å². The third-order valence-corrected chi connectivity index (χ3v) is 5.57. The van der Waals surface area contributed by atoms with E-state index in [1.54, 1.807) is 21.9 Å². The summed E-state index contributed by atoms with van der Waals surface area (Å²) in [6.07, 6.45) is 0.324. The van der Waals surface area contributed by atoms with Gasteiger partial charge >= 0.3 is 0 Å². The van der Waals surface area contributed by atoms with E-state index in [1.807, 2.05) is 50.2 Å². The van der Waals surface area contributed by atoms with Gasteiger partial charge in [-0.1, -0.05) is 18.2 Å². The fourth-order valence-electron chi connectivity index (χ4n) is 3.64. The smallest absolute Gasteiger partial charge is 0.254 e. The first kappa shape index (κ1) is 20.8. The fraction of sp³-hybridized carbons (Fsp3) is 0.333. The summed E-state index contributed by atoms with van der Waals surface area (Å²) in [5, 5.41) is 0. The second-order valence-corrected chi connectivity index (χ2v) is 7.68. The van der Waals surface area contributed by atoms with Gasteiger partial charge < -0.3 is 14.5 Å². The molecule has 0 bridgehead atoms. The highest BCUT2D eigenvalue weighted by atomic mass is 16.5. The Bertz CT molecular complexity index is 1090. The third kappa shape index (κ3) is 4.82. The van der Waals surface area contributed by atoms with E-state index in [2.05, 4.69) is 9.97 Å². The molecule has 0 saturated carbocycles. The molecule has 1 aromatic heterocycles. The first-order chi connectivity index (χ1) is 15.0. The average molecular weight is 418 g/mol. The van der Waals surface area contributed by atoms with Crippen LogP contribution in [0.3, 0.4) is 0 Å². The second kappa shape index (κ2) is 9.12. The number of amides is 2. The maximum Gasteiger partial charge on any atom is 0.254 e. The molecule has 0 atom stereocenters. The van der Waals surface area contributed by atoms with Crippen LogP contribution in [0.15, 0.2) is 48.5 Å². The standard InChI is InChI=1S/C24H26N4O3/c1-17-18(2)26-22-16-19(8-9-21(22)25-17)24(30)28-13-11-27(12-14-28)23(29)10-15-31-20-6-4-3-5-7-20/h3-9,16H,10-15H2,1-2H3. The number of carbonyl (C=O) groups excluding carboxylic acids is 2. The van der Waals surface area contributed by atoms with Gasteiger partial charge in [-0.25, -0.2) is 9.97 Å². The van der Waals surface area contributed by atoms with E-state index >= 15 is 0 Å². The predicted octanol–water partition coefficient (Wildman–Crippen LogP) is 3.00. The van der Waals surface area contributed by atoms with Gasteiger partial charge in [0.25, 0.3) is 5.91 Å². The van der Waals surface area contributed by atoms with E-state index in [9.17, 15) is 9.59 Å². The molecule has 160 valence electrons. The highest BCUT2D eigenvalue weighted by Gasteiger charge is 2.25. The number of hydrogen-bond acceptors (Lipinski definition) is 5. The summed E-state index contributed by atoms with van der Waals surface area (Å²) in [4.78, 5) is 38.1. The lowest BCUT2D eigenvalue weighted by atomic mass is 10.1. The topological polar surface area (TPSA) is 75.6 Å². The van der Waals surface area contributed by atoms with Crippen LogP contribution in [0.1, 0.15) is 28.2 Å². The first-order valence-corrected chi connectivity index (χ1v) is 10.5. The van der Waals surface area contributed by atoms with Crippen LogP contribution in [0.25, 0.3) is 11.0 Å². The van der Waals surface area contributed by atoms with Gasteiger partial charge in [0.15, 0.2) is 0 Å². The van der Waals surface area contributed by atoms with Crippen LogP contribution in [0.4, 0.5) is 0 Å². The van der Waals surface area contributed by atoms with Gasteiger partial charge in [-0.3, -0.25) is 9.59 Å². The lowest BCUT2D eigenvalue weighted by molar-refractivity contribution is -0.133. The van der Waals surface area contributed by atoms with Gasteiger partial charge in [-0.15, -0.1) is 0 Å². The van der Waals surface area contributed by atoms with Crippen LogP contribution in [-0.2, 0) is 4.79 Å². The lowest BCUT2D eigenvalue weighted by Crippen LogP contribution is -2.50. The van der Waals surface area contributed by atoms with Gasteiger partial charge in [0.1, 0.15) is 5.75 Å². The molecule has 0 aliphatic carbocycles. The highest BCUT2D eigenvalue weighted by molar-refractivity contribution is 5.97. The fourth-order valence-corrected chi connectivity index (χ4v) is 3.64. The number of aryl methyl sites for hydroxylation is 2. The Morgan fingerprint density at radius 1 is 0.871 bits per heavy atom. The molecule has 0 spiro atoms. The van der Waals surface area contributed by atoms with E-state index in [0.29, 0.717) is 44.8 Å². The first-order valence-electron chi connectivity index (χ1n) is 10.5. The molecule has 2 aromatic carbocycles. The second-order valence-electron chi connectivity index (χ2n) is 7.68. The molecule has 0 radical (unpaired) electrons. The van der Waals surface area contributed by atoms with E-state index in [4.69, 9.17) is 4.74 Å². The van der Waals surface area contributed by atoms with E-state index < -0.39 is 0 Å². The molecule has 1 saturated heterocycles. The van der Waals surface area contributed by atoms with Crippen molar-refractivity contribution in [3.05, 3.63) is 65.5 Å². The predicted molar refractivity (Wildman–Crippen MR) is 118 cm³/mol. The molecule has 4 rings (SSSR count). The van der Waals surface area contributed by atoms with Crippen LogP contribution in [0, 0.1) is 13.8 Å². The Morgan fingerprint density at radius 2 is 1.52 bits per heavy atom. The third-order valence-electron chi connectivity index (χ3n) is 5.57. The molecule has 1 fully saturated rings. The summed E-state index contributed by atoms with van der Waals surface area (Å²) >= 11 is 0. The Hall–Kier alpha value is -3.48. The highest BCUT2D eigenvalue weighted by Crippen LogP contribution is 2.17. The molecule has 31 heavy (non-hydrogen) atoms. The molecule has 7 heteroatoms. The minimum atomic E-state index is -0.0403. The molecule has 1 aliphatic heterocycles. The van der Waals surface area contributed by atoms with Crippen molar-refractivity contribution in [3.63, 3.8) is 0 Å². The van der Waals surface area contributed by atoms with Gasteiger partial charge in [-0.2, -0.15) is 0 Å². The molecule has 0 N–H and O–H groups in total. The zero-order valence-electron chi connectivity index (χ0n) is 17.9. The number of benzene rings is 2. The van der Waals surface area contributed by atoms with Crippen molar-refractivity contribution in [3.8, 4) is 5.75 Å². The molecular weight excluding hydrogens is 392 g/mol. The molecule has 1 aliphatic rings. The Kier molecular flexibility index (Phi) is 6.11. The monoisotopic (exact) mass is 418 g/mol. The summed E-state index contributed by atoms with van der Waals surface area (Å²) in [5.41, 5.74) is 3.86. The number of carbonyl (C=O) groups is 2. The largest absolute Gasteiger partial charge is 0.493 e. The van der Waals surface area contributed by atoms with Crippen LogP contribution in [0.2, 0.25) is 0 Å². The van der Waals surface area contributed by atoms with Crippen molar-refractivity contribution in [2.24, 2.45) is 0 Å². The molecule has 0 unspecified atom stereocenters. The number of aromatic nitrogens is 2. The van der Waals surface area contributed by atoms with Crippen molar-refractivity contribution in [1.82, 2.24) is 19.8 Å². The number of para-hydroxylation sites is 1. The molecular formula is C24H26N4O3. The van der Waals surface area contributed by atoms with Crippen molar-refractivity contribution in [1.29, 1.82) is 0 Å². The summed E-state index contributed by atoms with van der Waals surface area (Å²) in [5.74, 6) is 0.771. The number of hydrogen-bond donors (Lipinski definition) is 0. The molecule has 2 amide bonds. The number of ether oxygens (including phenoxy) is 1. The van der Waals surface area contributed by atoms with Crippen LogP contribution < -0.4 is 4.74 Å². The normalized spacial score (nSPS) is 14.0.